The maximum absolute atomic E-state index is 11.6. The van der Waals surface area contributed by atoms with Gasteiger partial charge in [-0.15, -0.1) is 0 Å². The van der Waals surface area contributed by atoms with Crippen molar-refractivity contribution >= 4 is 11.8 Å². The molecule has 2 aromatic rings. The average molecular weight is 427 g/mol. The summed E-state index contributed by atoms with van der Waals surface area (Å²) in [5.41, 5.74) is 1.95. The number of nitrogens with one attached hydrogen (secondary N) is 1. The van der Waals surface area contributed by atoms with E-state index in [0.717, 1.165) is 37.0 Å². The van der Waals surface area contributed by atoms with Gasteiger partial charge in [-0.25, -0.2) is 4.79 Å². The molecular formula is C25H34N2O4. The maximum atomic E-state index is 11.6. The Morgan fingerprint density at radius 1 is 1.03 bits per heavy atom. The second-order valence-electron chi connectivity index (χ2n) is 8.32. The van der Waals surface area contributed by atoms with Crippen molar-refractivity contribution in [1.82, 2.24) is 5.32 Å². The molecule has 0 aromatic heterocycles. The van der Waals surface area contributed by atoms with Gasteiger partial charge in [0.15, 0.2) is 0 Å². The first-order valence-electron chi connectivity index (χ1n) is 10.7. The van der Waals surface area contributed by atoms with E-state index in [4.69, 9.17) is 14.5 Å². The molecule has 0 aliphatic carbocycles. The number of aliphatic imine (C=N–C) groups is 1. The normalized spacial score (nSPS) is 11.8. The average Bonchev–Trinajstić information content (AvgIpc) is 2.72. The molecule has 0 bridgehead atoms. The van der Waals surface area contributed by atoms with Crippen molar-refractivity contribution in [3.63, 3.8) is 0 Å². The molecule has 0 fully saturated rings. The van der Waals surface area contributed by atoms with Crippen molar-refractivity contribution in [3.05, 3.63) is 59.7 Å². The number of nitrogens with zero attached hydrogens (tertiary/aromatic N) is 1. The Hall–Kier alpha value is -3.02. The van der Waals surface area contributed by atoms with Gasteiger partial charge in [-0.3, -0.25) is 4.99 Å². The monoisotopic (exact) mass is 426 g/mol. The van der Waals surface area contributed by atoms with Gasteiger partial charge in [0.1, 0.15) is 17.1 Å². The summed E-state index contributed by atoms with van der Waals surface area (Å²) in [4.78, 5) is 16.4. The first kappa shape index (κ1) is 24.3. The van der Waals surface area contributed by atoms with Crippen LogP contribution < -0.4 is 10.1 Å². The molecule has 1 amide bonds. The van der Waals surface area contributed by atoms with Crippen LogP contribution in [-0.4, -0.2) is 42.7 Å². The lowest BCUT2D eigenvalue weighted by Gasteiger charge is -2.19. The van der Waals surface area contributed by atoms with Crippen LogP contribution in [0.4, 0.5) is 4.79 Å². The third-order valence-electron chi connectivity index (χ3n) is 4.53. The third kappa shape index (κ3) is 8.70. The number of hydrogen-bond acceptors (Lipinski definition) is 5. The van der Waals surface area contributed by atoms with Crippen LogP contribution in [0.25, 0.3) is 0 Å². The van der Waals surface area contributed by atoms with Gasteiger partial charge in [-0.1, -0.05) is 43.2 Å². The van der Waals surface area contributed by atoms with Crippen molar-refractivity contribution in [3.8, 4) is 11.5 Å². The first-order valence-corrected chi connectivity index (χ1v) is 10.7. The predicted molar refractivity (Wildman–Crippen MR) is 124 cm³/mol. The standard InChI is InChI=1S/C25H34N2O4/c1-25(2,3)31-24(29)27-17-11-6-5-10-16-26-23(19-12-8-7-9-13-19)21-15-14-20(30-4)18-22(21)28/h7-9,12-15,18,28H,5-6,10-11,16-17H2,1-4H3,(H,27,29)/b26-23+. The van der Waals surface area contributed by atoms with Crippen molar-refractivity contribution < 1.29 is 19.4 Å². The molecule has 2 rings (SSSR count). The van der Waals surface area contributed by atoms with E-state index in [-0.39, 0.29) is 11.8 Å². The van der Waals surface area contributed by atoms with E-state index in [9.17, 15) is 9.90 Å². The van der Waals surface area contributed by atoms with Gasteiger partial charge in [0.2, 0.25) is 0 Å². The molecule has 6 nitrogen and oxygen atoms in total. The highest BCUT2D eigenvalue weighted by Gasteiger charge is 2.15. The number of methoxy groups -OCH3 is 1. The van der Waals surface area contributed by atoms with E-state index in [1.54, 1.807) is 13.2 Å². The highest BCUT2D eigenvalue weighted by molar-refractivity contribution is 6.14. The van der Waals surface area contributed by atoms with Crippen LogP contribution in [0, 0.1) is 0 Å². The highest BCUT2D eigenvalue weighted by Crippen LogP contribution is 2.26. The number of unbranched alkanes of at least 4 members (excludes halogenated alkanes) is 3. The van der Waals surface area contributed by atoms with E-state index < -0.39 is 5.60 Å². The molecule has 0 heterocycles. The van der Waals surface area contributed by atoms with Gasteiger partial charge in [0.25, 0.3) is 0 Å². The number of hydrogen-bond donors (Lipinski definition) is 2. The number of rotatable bonds is 10. The Morgan fingerprint density at radius 3 is 2.39 bits per heavy atom. The van der Waals surface area contributed by atoms with Gasteiger partial charge in [-0.05, 0) is 45.7 Å². The number of benzene rings is 2. The Kier molecular flexibility index (Phi) is 9.38. The molecule has 31 heavy (non-hydrogen) atoms. The molecule has 0 unspecified atom stereocenters. The Balaban J connectivity index is 1.86. The molecular weight excluding hydrogens is 392 g/mol. The van der Waals surface area contributed by atoms with Crippen LogP contribution in [0.1, 0.15) is 57.6 Å². The van der Waals surface area contributed by atoms with E-state index in [0.29, 0.717) is 24.4 Å². The summed E-state index contributed by atoms with van der Waals surface area (Å²) < 4.78 is 10.4. The van der Waals surface area contributed by atoms with E-state index >= 15 is 0 Å². The number of phenolic OH excluding ortho intramolecular Hbond substituents is 1. The fraction of sp³-hybridized carbons (Fsp3) is 0.440. The van der Waals surface area contributed by atoms with Crippen LogP contribution in [0.15, 0.2) is 53.5 Å². The number of ether oxygens (including phenoxy) is 2. The lowest BCUT2D eigenvalue weighted by molar-refractivity contribution is 0.0527. The smallest absolute Gasteiger partial charge is 0.407 e. The zero-order valence-corrected chi connectivity index (χ0v) is 19.0. The molecule has 0 saturated carbocycles. The summed E-state index contributed by atoms with van der Waals surface area (Å²) in [7, 11) is 1.57. The molecule has 0 spiro atoms. The summed E-state index contributed by atoms with van der Waals surface area (Å²) in [6.07, 6.45) is 3.47. The zero-order chi connectivity index (χ0) is 22.7. The summed E-state index contributed by atoms with van der Waals surface area (Å²) in [5, 5.41) is 13.2. The fourth-order valence-electron chi connectivity index (χ4n) is 3.05. The minimum absolute atomic E-state index is 0.148. The van der Waals surface area contributed by atoms with E-state index in [1.165, 1.54) is 0 Å². The molecule has 0 aliphatic rings. The summed E-state index contributed by atoms with van der Waals surface area (Å²) in [5.74, 6) is 0.754. The van der Waals surface area contributed by atoms with Crippen LogP contribution in [0.3, 0.4) is 0 Å². The molecule has 0 atom stereocenters. The molecule has 0 saturated heterocycles. The SMILES string of the molecule is COc1ccc(/C(=N/CCCCCCNC(=O)OC(C)(C)C)c2ccccc2)c(O)c1. The number of alkyl carbamates (subject to hydrolysis) is 1. The molecule has 2 N–H and O–H groups in total. The Bertz CT molecular complexity index is 858. The number of phenols is 1. The largest absolute Gasteiger partial charge is 0.507 e. The van der Waals surface area contributed by atoms with Gasteiger partial charge >= 0.3 is 6.09 Å². The minimum Gasteiger partial charge on any atom is -0.507 e. The predicted octanol–water partition coefficient (Wildman–Crippen LogP) is 5.32. The number of aromatic hydroxyl groups is 1. The first-order chi connectivity index (χ1) is 14.8. The van der Waals surface area contributed by atoms with Gasteiger partial charge in [-0.2, -0.15) is 0 Å². The number of carbonyl (C=O) groups excluding carboxylic acids is 1. The summed E-state index contributed by atoms with van der Waals surface area (Å²) in [6.45, 7) is 6.82. The highest BCUT2D eigenvalue weighted by atomic mass is 16.6. The van der Waals surface area contributed by atoms with Crippen molar-refractivity contribution in [2.45, 2.75) is 52.1 Å². The van der Waals surface area contributed by atoms with Crippen LogP contribution in [0.5, 0.6) is 11.5 Å². The molecule has 2 aromatic carbocycles. The van der Waals surface area contributed by atoms with E-state index in [1.807, 2.05) is 63.2 Å². The molecule has 168 valence electrons. The minimum atomic E-state index is -0.475. The van der Waals surface area contributed by atoms with Crippen molar-refractivity contribution in [2.24, 2.45) is 4.99 Å². The Labute approximate surface area is 185 Å². The fourth-order valence-corrected chi connectivity index (χ4v) is 3.05. The second-order valence-corrected chi connectivity index (χ2v) is 8.32. The van der Waals surface area contributed by atoms with Gasteiger partial charge in [0.05, 0.1) is 12.8 Å². The Morgan fingerprint density at radius 2 is 1.74 bits per heavy atom. The van der Waals surface area contributed by atoms with Crippen molar-refractivity contribution in [2.75, 3.05) is 20.2 Å². The maximum Gasteiger partial charge on any atom is 0.407 e. The lowest BCUT2D eigenvalue weighted by Crippen LogP contribution is -2.32. The summed E-state index contributed by atoms with van der Waals surface area (Å²) in [6, 6.07) is 15.1. The van der Waals surface area contributed by atoms with Gasteiger partial charge < -0.3 is 19.9 Å². The molecule has 0 aliphatic heterocycles. The molecule has 0 radical (unpaired) electrons. The second kappa shape index (κ2) is 12.0. The summed E-state index contributed by atoms with van der Waals surface area (Å²) >= 11 is 0. The zero-order valence-electron chi connectivity index (χ0n) is 19.0. The van der Waals surface area contributed by atoms with E-state index in [2.05, 4.69) is 5.32 Å². The number of amides is 1. The number of carbonyl (C=O) groups is 1. The third-order valence-corrected chi connectivity index (χ3v) is 4.53. The van der Waals surface area contributed by atoms with Crippen molar-refractivity contribution in [1.29, 1.82) is 0 Å². The van der Waals surface area contributed by atoms with Crippen LogP contribution >= 0.6 is 0 Å². The van der Waals surface area contributed by atoms with Crippen LogP contribution in [-0.2, 0) is 4.74 Å². The topological polar surface area (TPSA) is 80.2 Å². The quantitative estimate of drug-likeness (QED) is 0.398. The van der Waals surface area contributed by atoms with Crippen LogP contribution in [0.2, 0.25) is 0 Å². The van der Waals surface area contributed by atoms with Gasteiger partial charge in [0, 0.05) is 30.3 Å². The molecule has 6 heteroatoms. The lowest BCUT2D eigenvalue weighted by atomic mass is 10.0.